The Morgan fingerprint density at radius 2 is 2.19 bits per heavy atom. The number of nitrogens with one attached hydrogen (secondary N) is 1. The molecule has 1 aromatic rings. The highest BCUT2D eigenvalue weighted by molar-refractivity contribution is 9.10. The van der Waals surface area contributed by atoms with E-state index < -0.39 is 0 Å². The minimum Gasteiger partial charge on any atom is -0.504 e. The number of hydrogen-bond acceptors (Lipinski definition) is 4. The van der Waals surface area contributed by atoms with Crippen LogP contribution in [0.1, 0.15) is 24.4 Å². The van der Waals surface area contributed by atoms with Gasteiger partial charge in [0, 0.05) is 42.3 Å². The number of benzene rings is 1. The van der Waals surface area contributed by atoms with Crippen molar-refractivity contribution >= 4 is 15.9 Å². The van der Waals surface area contributed by atoms with E-state index in [0.29, 0.717) is 5.75 Å². The van der Waals surface area contributed by atoms with Crippen molar-refractivity contribution in [3.8, 4) is 11.5 Å². The summed E-state index contributed by atoms with van der Waals surface area (Å²) in [7, 11) is 1.58. The predicted molar refractivity (Wildman–Crippen MR) is 89.0 cm³/mol. The number of rotatable bonds is 6. The van der Waals surface area contributed by atoms with Crippen LogP contribution in [0.4, 0.5) is 0 Å². The first-order chi connectivity index (χ1) is 10.2. The van der Waals surface area contributed by atoms with Gasteiger partial charge in [0.1, 0.15) is 0 Å². The van der Waals surface area contributed by atoms with Crippen LogP contribution in [0.15, 0.2) is 29.3 Å². The second kappa shape index (κ2) is 7.82. The van der Waals surface area contributed by atoms with Gasteiger partial charge < -0.3 is 15.2 Å². The molecule has 1 aliphatic heterocycles. The lowest BCUT2D eigenvalue weighted by atomic mass is 9.98. The lowest BCUT2D eigenvalue weighted by Gasteiger charge is -2.35. The van der Waals surface area contributed by atoms with Gasteiger partial charge in [0.05, 0.1) is 7.11 Å². The molecule has 4 nitrogen and oxygen atoms in total. The van der Waals surface area contributed by atoms with Crippen LogP contribution >= 0.6 is 15.9 Å². The Labute approximate surface area is 134 Å². The number of phenolic OH excluding ortho intramolecular Hbond substituents is 1. The summed E-state index contributed by atoms with van der Waals surface area (Å²) in [5, 5.41) is 13.9. The van der Waals surface area contributed by atoms with Gasteiger partial charge in [0.25, 0.3) is 0 Å². The van der Waals surface area contributed by atoms with E-state index in [9.17, 15) is 5.11 Å². The molecule has 0 aromatic heterocycles. The van der Waals surface area contributed by atoms with Gasteiger partial charge in [-0.25, -0.2) is 0 Å². The summed E-state index contributed by atoms with van der Waals surface area (Å²) in [4.78, 5) is 2.42. The zero-order chi connectivity index (χ0) is 15.2. The van der Waals surface area contributed by atoms with Crippen LogP contribution < -0.4 is 10.1 Å². The molecule has 0 spiro atoms. The molecule has 1 aliphatic rings. The summed E-state index contributed by atoms with van der Waals surface area (Å²) in [6, 6.07) is 3.96. The molecule has 21 heavy (non-hydrogen) atoms. The number of hydrogen-bond donors (Lipinski definition) is 2. The summed E-state index contributed by atoms with van der Waals surface area (Å²) in [6.45, 7) is 7.75. The van der Waals surface area contributed by atoms with Gasteiger partial charge in [-0.05, 0) is 25.0 Å². The number of aromatic hydroxyl groups is 1. The molecule has 5 heteroatoms. The fraction of sp³-hybridized carbons (Fsp3) is 0.500. The molecule has 0 aliphatic carbocycles. The van der Waals surface area contributed by atoms with E-state index in [-0.39, 0.29) is 11.8 Å². The Morgan fingerprint density at radius 1 is 1.48 bits per heavy atom. The van der Waals surface area contributed by atoms with Crippen molar-refractivity contribution in [2.24, 2.45) is 0 Å². The zero-order valence-corrected chi connectivity index (χ0v) is 14.0. The van der Waals surface area contributed by atoms with E-state index >= 15 is 0 Å². The van der Waals surface area contributed by atoms with Gasteiger partial charge in [-0.1, -0.05) is 22.0 Å². The Bertz CT molecular complexity index is 487. The normalized spacial score (nSPS) is 17.4. The molecule has 2 N–H and O–H groups in total. The lowest BCUT2D eigenvalue weighted by molar-refractivity contribution is 0.163. The number of piperazine rings is 1. The fourth-order valence-corrected chi connectivity index (χ4v) is 3.26. The third-order valence-electron chi connectivity index (χ3n) is 3.88. The topological polar surface area (TPSA) is 44.7 Å². The lowest BCUT2D eigenvalue weighted by Crippen LogP contribution is -2.45. The molecule has 0 radical (unpaired) electrons. The molecule has 116 valence electrons. The predicted octanol–water partition coefficient (Wildman–Crippen LogP) is 3.08. The molecular weight excluding hydrogens is 332 g/mol. The molecule has 0 unspecified atom stereocenters. The highest BCUT2D eigenvalue weighted by Gasteiger charge is 2.25. The van der Waals surface area contributed by atoms with Crippen LogP contribution in [-0.2, 0) is 0 Å². The molecule has 1 saturated heterocycles. The Kier molecular flexibility index (Phi) is 6.08. The number of ether oxygens (including phenoxy) is 1. The fourth-order valence-electron chi connectivity index (χ4n) is 2.81. The van der Waals surface area contributed by atoms with E-state index in [1.54, 1.807) is 13.2 Å². The maximum atomic E-state index is 10.5. The van der Waals surface area contributed by atoms with Crippen LogP contribution in [-0.4, -0.2) is 43.3 Å². The quantitative estimate of drug-likeness (QED) is 0.770. The summed E-state index contributed by atoms with van der Waals surface area (Å²) < 4.78 is 6.20. The SMILES string of the molecule is C=CCC[C@H](c1cc(Br)cc(OC)c1O)N1CCNCC1. The largest absolute Gasteiger partial charge is 0.504 e. The Hall–Kier alpha value is -1.04. The van der Waals surface area contributed by atoms with E-state index in [4.69, 9.17) is 4.74 Å². The first-order valence-corrected chi connectivity index (χ1v) is 8.08. The van der Waals surface area contributed by atoms with Gasteiger partial charge >= 0.3 is 0 Å². The van der Waals surface area contributed by atoms with Gasteiger partial charge in [0.2, 0.25) is 0 Å². The van der Waals surface area contributed by atoms with Crippen LogP contribution in [0.2, 0.25) is 0 Å². The van der Waals surface area contributed by atoms with Gasteiger partial charge in [0.15, 0.2) is 11.5 Å². The average molecular weight is 355 g/mol. The van der Waals surface area contributed by atoms with Crippen LogP contribution in [0, 0.1) is 0 Å². The van der Waals surface area contributed by atoms with E-state index in [1.165, 1.54) is 0 Å². The van der Waals surface area contributed by atoms with Crippen molar-refractivity contribution in [2.75, 3.05) is 33.3 Å². The van der Waals surface area contributed by atoms with Gasteiger partial charge in [-0.3, -0.25) is 4.90 Å². The van der Waals surface area contributed by atoms with E-state index in [2.05, 4.69) is 32.7 Å². The molecule has 1 atom stereocenters. The van der Waals surface area contributed by atoms with Gasteiger partial charge in [-0.15, -0.1) is 6.58 Å². The molecule has 0 bridgehead atoms. The van der Waals surface area contributed by atoms with Crippen LogP contribution in [0.3, 0.4) is 0 Å². The van der Waals surface area contributed by atoms with Crippen molar-refractivity contribution in [1.82, 2.24) is 10.2 Å². The third-order valence-corrected chi connectivity index (χ3v) is 4.34. The molecule has 0 saturated carbocycles. The number of phenols is 1. The van der Waals surface area contributed by atoms with Crippen molar-refractivity contribution in [3.05, 3.63) is 34.8 Å². The summed E-state index contributed by atoms with van der Waals surface area (Å²) in [5.74, 6) is 0.756. The average Bonchev–Trinajstić information content (AvgIpc) is 2.51. The summed E-state index contributed by atoms with van der Waals surface area (Å²) >= 11 is 3.51. The highest BCUT2D eigenvalue weighted by atomic mass is 79.9. The van der Waals surface area contributed by atoms with E-state index in [1.807, 2.05) is 12.1 Å². The summed E-state index contributed by atoms with van der Waals surface area (Å²) in [6.07, 6.45) is 3.79. The molecule has 0 amide bonds. The van der Waals surface area contributed by atoms with Gasteiger partial charge in [-0.2, -0.15) is 0 Å². The smallest absolute Gasteiger partial charge is 0.162 e. The Morgan fingerprint density at radius 3 is 2.81 bits per heavy atom. The van der Waals surface area contributed by atoms with Crippen molar-refractivity contribution in [1.29, 1.82) is 0 Å². The van der Waals surface area contributed by atoms with Crippen molar-refractivity contribution in [3.63, 3.8) is 0 Å². The van der Waals surface area contributed by atoms with E-state index in [0.717, 1.165) is 49.1 Å². The van der Waals surface area contributed by atoms with Crippen molar-refractivity contribution in [2.45, 2.75) is 18.9 Å². The standard InChI is InChI=1S/C16H23BrN2O2/c1-3-4-5-14(19-8-6-18-7-9-19)13-10-12(17)11-15(21-2)16(13)20/h3,10-11,14,18,20H,1,4-9H2,2H3/t14-/m1/s1. The van der Waals surface area contributed by atoms with Crippen LogP contribution in [0.5, 0.6) is 11.5 Å². The molecular formula is C16H23BrN2O2. The second-order valence-corrected chi connectivity index (χ2v) is 6.13. The number of nitrogens with zero attached hydrogens (tertiary/aromatic N) is 1. The minimum atomic E-state index is 0.177. The first-order valence-electron chi connectivity index (χ1n) is 7.29. The zero-order valence-electron chi connectivity index (χ0n) is 12.4. The monoisotopic (exact) mass is 354 g/mol. The van der Waals surface area contributed by atoms with Crippen molar-refractivity contribution < 1.29 is 9.84 Å². The minimum absolute atomic E-state index is 0.177. The molecule has 1 fully saturated rings. The molecule has 1 heterocycles. The maximum absolute atomic E-state index is 10.5. The first kappa shape index (κ1) is 16.3. The second-order valence-electron chi connectivity index (χ2n) is 5.21. The molecule has 1 aromatic carbocycles. The highest BCUT2D eigenvalue weighted by Crippen LogP contribution is 2.40. The number of halogens is 1. The van der Waals surface area contributed by atoms with Crippen LogP contribution in [0.25, 0.3) is 0 Å². The maximum Gasteiger partial charge on any atom is 0.162 e. The number of methoxy groups -OCH3 is 1. The summed E-state index contributed by atoms with van der Waals surface area (Å²) in [5.41, 5.74) is 0.921. The Balaban J connectivity index is 2.34. The molecule has 2 rings (SSSR count). The third kappa shape index (κ3) is 3.99. The number of allylic oxidation sites excluding steroid dienone is 1.